The van der Waals surface area contributed by atoms with Crippen LogP contribution in [-0.4, -0.2) is 23.6 Å². The molecular weight excluding hydrogens is 278 g/mol. The third kappa shape index (κ3) is 4.96. The van der Waals surface area contributed by atoms with Gasteiger partial charge in [0.25, 0.3) is 0 Å². The van der Waals surface area contributed by atoms with Crippen molar-refractivity contribution in [3.63, 3.8) is 0 Å². The summed E-state index contributed by atoms with van der Waals surface area (Å²) in [5.74, 6) is 0.537. The molecule has 21 heavy (non-hydrogen) atoms. The molecule has 2 atom stereocenters. The Hall–Kier alpha value is -0.610. The van der Waals surface area contributed by atoms with Crippen LogP contribution in [0.15, 0.2) is 0 Å². The van der Waals surface area contributed by atoms with E-state index in [4.69, 9.17) is 4.98 Å². The van der Waals surface area contributed by atoms with E-state index in [1.165, 1.54) is 15.7 Å². The van der Waals surface area contributed by atoms with Crippen LogP contribution < -0.4 is 10.2 Å². The van der Waals surface area contributed by atoms with Crippen molar-refractivity contribution in [1.29, 1.82) is 0 Å². The van der Waals surface area contributed by atoms with Crippen molar-refractivity contribution in [3.8, 4) is 0 Å². The highest BCUT2D eigenvalue weighted by atomic mass is 32.1. The Morgan fingerprint density at radius 2 is 1.76 bits per heavy atom. The molecule has 0 fully saturated rings. The van der Waals surface area contributed by atoms with Gasteiger partial charge >= 0.3 is 0 Å². The zero-order chi connectivity index (χ0) is 16.0. The molecule has 0 spiro atoms. The van der Waals surface area contributed by atoms with Gasteiger partial charge in [-0.3, -0.25) is 0 Å². The molecule has 1 rings (SSSR count). The maximum atomic E-state index is 5.00. The van der Waals surface area contributed by atoms with Gasteiger partial charge in [0.1, 0.15) is 0 Å². The Balaban J connectivity index is 3.05. The molecule has 0 aliphatic heterocycles. The molecule has 0 aromatic carbocycles. The standard InChI is InChI=1S/C17H33N3S/c1-8-13(6)16-15(11-18-12(4)5)21-17(19-16)20(10-3)14(7)9-2/h12-14,18H,8-11H2,1-7H3. The van der Waals surface area contributed by atoms with E-state index < -0.39 is 0 Å². The summed E-state index contributed by atoms with van der Waals surface area (Å²) < 4.78 is 0. The maximum Gasteiger partial charge on any atom is 0.186 e. The quantitative estimate of drug-likeness (QED) is 0.711. The minimum absolute atomic E-state index is 0.511. The van der Waals surface area contributed by atoms with Crippen molar-refractivity contribution in [2.24, 2.45) is 0 Å². The number of thiazole rings is 1. The lowest BCUT2D eigenvalue weighted by Gasteiger charge is -2.26. The fourth-order valence-electron chi connectivity index (χ4n) is 2.33. The number of anilines is 1. The second-order valence-corrected chi connectivity index (χ2v) is 7.26. The van der Waals surface area contributed by atoms with Crippen LogP contribution in [0.3, 0.4) is 0 Å². The van der Waals surface area contributed by atoms with E-state index >= 15 is 0 Å². The van der Waals surface area contributed by atoms with Gasteiger partial charge in [-0.15, -0.1) is 11.3 Å². The molecule has 0 aliphatic rings. The van der Waals surface area contributed by atoms with Crippen LogP contribution in [0.2, 0.25) is 0 Å². The Kier molecular flexibility index (Phi) is 7.67. The van der Waals surface area contributed by atoms with Gasteiger partial charge in [0.05, 0.1) is 5.69 Å². The maximum absolute atomic E-state index is 5.00. The SMILES string of the molecule is CCC(C)c1nc(N(CC)C(C)CC)sc1CNC(C)C. The lowest BCUT2D eigenvalue weighted by Crippen LogP contribution is -2.32. The number of rotatable bonds is 9. The van der Waals surface area contributed by atoms with Crippen molar-refractivity contribution in [2.75, 3.05) is 11.4 Å². The van der Waals surface area contributed by atoms with Crippen LogP contribution in [0.1, 0.15) is 77.8 Å². The molecule has 0 radical (unpaired) electrons. The smallest absolute Gasteiger partial charge is 0.186 e. The van der Waals surface area contributed by atoms with Crippen molar-refractivity contribution in [2.45, 2.75) is 85.9 Å². The summed E-state index contributed by atoms with van der Waals surface area (Å²) in [4.78, 5) is 8.86. The number of hydrogen-bond acceptors (Lipinski definition) is 4. The Bertz CT molecular complexity index is 414. The molecule has 0 bridgehead atoms. The molecule has 1 aromatic rings. The molecule has 122 valence electrons. The van der Waals surface area contributed by atoms with E-state index in [0.29, 0.717) is 18.0 Å². The molecule has 0 aliphatic carbocycles. The summed E-state index contributed by atoms with van der Waals surface area (Å²) >= 11 is 1.87. The first-order chi connectivity index (χ1) is 9.94. The van der Waals surface area contributed by atoms with E-state index in [1.54, 1.807) is 0 Å². The van der Waals surface area contributed by atoms with Gasteiger partial charge in [0.2, 0.25) is 0 Å². The van der Waals surface area contributed by atoms with Crippen LogP contribution in [0.4, 0.5) is 5.13 Å². The van der Waals surface area contributed by atoms with Crippen LogP contribution in [0.5, 0.6) is 0 Å². The third-order valence-electron chi connectivity index (χ3n) is 4.18. The van der Waals surface area contributed by atoms with Gasteiger partial charge in [0, 0.05) is 30.1 Å². The molecule has 0 saturated heterocycles. The zero-order valence-corrected chi connectivity index (χ0v) is 15.7. The summed E-state index contributed by atoms with van der Waals surface area (Å²) in [6.45, 7) is 17.7. The summed E-state index contributed by atoms with van der Waals surface area (Å²) in [6, 6.07) is 1.06. The average Bonchev–Trinajstić information content (AvgIpc) is 2.88. The number of hydrogen-bond donors (Lipinski definition) is 1. The third-order valence-corrected chi connectivity index (χ3v) is 5.28. The zero-order valence-electron chi connectivity index (χ0n) is 14.9. The first-order valence-electron chi connectivity index (χ1n) is 8.44. The fourth-order valence-corrected chi connectivity index (χ4v) is 3.63. The predicted molar refractivity (Wildman–Crippen MR) is 95.6 cm³/mol. The normalized spacial score (nSPS) is 14.5. The van der Waals surface area contributed by atoms with E-state index in [-0.39, 0.29) is 0 Å². The topological polar surface area (TPSA) is 28.2 Å². The van der Waals surface area contributed by atoms with Crippen molar-refractivity contribution >= 4 is 16.5 Å². The second-order valence-electron chi connectivity index (χ2n) is 6.19. The van der Waals surface area contributed by atoms with Gasteiger partial charge in [-0.2, -0.15) is 0 Å². The molecule has 3 nitrogen and oxygen atoms in total. The van der Waals surface area contributed by atoms with Gasteiger partial charge in [-0.05, 0) is 32.6 Å². The van der Waals surface area contributed by atoms with Crippen molar-refractivity contribution in [1.82, 2.24) is 10.3 Å². The highest BCUT2D eigenvalue weighted by Crippen LogP contribution is 2.33. The van der Waals surface area contributed by atoms with Crippen LogP contribution >= 0.6 is 11.3 Å². The van der Waals surface area contributed by atoms with Gasteiger partial charge < -0.3 is 10.2 Å². The van der Waals surface area contributed by atoms with Gasteiger partial charge in [-0.1, -0.05) is 34.6 Å². The van der Waals surface area contributed by atoms with E-state index in [0.717, 1.165) is 25.9 Å². The second kappa shape index (κ2) is 8.74. The summed E-state index contributed by atoms with van der Waals surface area (Å²) in [6.07, 6.45) is 2.30. The first kappa shape index (κ1) is 18.4. The largest absolute Gasteiger partial charge is 0.346 e. The molecule has 1 N–H and O–H groups in total. The number of nitrogens with zero attached hydrogens (tertiary/aromatic N) is 2. The molecule has 1 heterocycles. The Morgan fingerprint density at radius 3 is 2.24 bits per heavy atom. The lowest BCUT2D eigenvalue weighted by atomic mass is 10.0. The molecule has 4 heteroatoms. The van der Waals surface area contributed by atoms with E-state index in [2.05, 4.69) is 58.7 Å². The van der Waals surface area contributed by atoms with Crippen molar-refractivity contribution < 1.29 is 0 Å². The summed E-state index contributed by atoms with van der Waals surface area (Å²) in [5.41, 5.74) is 1.30. The minimum Gasteiger partial charge on any atom is -0.346 e. The minimum atomic E-state index is 0.511. The van der Waals surface area contributed by atoms with E-state index in [9.17, 15) is 0 Å². The Labute approximate surface area is 135 Å². The number of aromatic nitrogens is 1. The summed E-state index contributed by atoms with van der Waals surface area (Å²) in [7, 11) is 0. The predicted octanol–water partition coefficient (Wildman–Crippen LogP) is 4.78. The molecule has 0 amide bonds. The Morgan fingerprint density at radius 1 is 1.10 bits per heavy atom. The van der Waals surface area contributed by atoms with Crippen LogP contribution in [-0.2, 0) is 6.54 Å². The molecule has 1 aromatic heterocycles. The van der Waals surface area contributed by atoms with E-state index in [1.807, 2.05) is 11.3 Å². The van der Waals surface area contributed by atoms with Crippen LogP contribution in [0, 0.1) is 0 Å². The highest BCUT2D eigenvalue weighted by molar-refractivity contribution is 7.15. The molecular formula is C17H33N3S. The lowest BCUT2D eigenvalue weighted by molar-refractivity contribution is 0.584. The summed E-state index contributed by atoms with van der Waals surface area (Å²) in [5, 5.41) is 4.74. The fraction of sp³-hybridized carbons (Fsp3) is 0.824. The monoisotopic (exact) mass is 311 g/mol. The van der Waals surface area contributed by atoms with Crippen molar-refractivity contribution in [3.05, 3.63) is 10.6 Å². The van der Waals surface area contributed by atoms with Gasteiger partial charge in [0.15, 0.2) is 5.13 Å². The number of nitrogens with one attached hydrogen (secondary N) is 1. The van der Waals surface area contributed by atoms with Gasteiger partial charge in [-0.25, -0.2) is 4.98 Å². The highest BCUT2D eigenvalue weighted by Gasteiger charge is 2.21. The first-order valence-corrected chi connectivity index (χ1v) is 9.25. The average molecular weight is 312 g/mol. The molecule has 2 unspecified atom stereocenters. The van der Waals surface area contributed by atoms with Crippen LogP contribution in [0.25, 0.3) is 0 Å². The molecule has 0 saturated carbocycles.